The Morgan fingerprint density at radius 2 is 2.21 bits per heavy atom. The van der Waals surface area contributed by atoms with E-state index in [1.165, 1.54) is 11.1 Å². The topological polar surface area (TPSA) is 38.0 Å². The first-order valence-corrected chi connectivity index (χ1v) is 5.62. The van der Waals surface area contributed by atoms with Crippen molar-refractivity contribution in [2.75, 3.05) is 6.54 Å². The molecule has 0 saturated heterocycles. The standard InChI is InChI=1S/C11H17BrN2/c1-8(6-13)14-7-10-4-3-5-11(12)9(10)2/h3-5,8,14H,6-7,13H2,1-2H3/t8-/m1/s1. The third-order valence-corrected chi connectivity index (χ3v) is 3.23. The lowest BCUT2D eigenvalue weighted by molar-refractivity contribution is 0.555. The maximum atomic E-state index is 5.53. The van der Waals surface area contributed by atoms with Crippen LogP contribution in [0.2, 0.25) is 0 Å². The summed E-state index contributed by atoms with van der Waals surface area (Å²) in [4.78, 5) is 0. The monoisotopic (exact) mass is 256 g/mol. The van der Waals surface area contributed by atoms with Gasteiger partial charge < -0.3 is 11.1 Å². The second-order valence-corrected chi connectivity index (χ2v) is 4.40. The number of rotatable bonds is 4. The summed E-state index contributed by atoms with van der Waals surface area (Å²) in [7, 11) is 0. The lowest BCUT2D eigenvalue weighted by Gasteiger charge is -2.13. The number of nitrogens with two attached hydrogens (primary N) is 1. The molecule has 1 aromatic carbocycles. The molecule has 0 aliphatic carbocycles. The van der Waals surface area contributed by atoms with E-state index in [-0.39, 0.29) is 0 Å². The zero-order valence-electron chi connectivity index (χ0n) is 8.68. The molecule has 2 nitrogen and oxygen atoms in total. The third kappa shape index (κ3) is 3.08. The fraction of sp³-hybridized carbons (Fsp3) is 0.455. The lowest BCUT2D eigenvalue weighted by Crippen LogP contribution is -2.32. The zero-order chi connectivity index (χ0) is 10.6. The van der Waals surface area contributed by atoms with E-state index in [2.05, 4.69) is 53.3 Å². The van der Waals surface area contributed by atoms with Crippen molar-refractivity contribution in [1.82, 2.24) is 5.32 Å². The van der Waals surface area contributed by atoms with Crippen molar-refractivity contribution < 1.29 is 0 Å². The van der Waals surface area contributed by atoms with Crippen molar-refractivity contribution in [2.45, 2.75) is 26.4 Å². The van der Waals surface area contributed by atoms with Crippen LogP contribution in [-0.2, 0) is 6.54 Å². The van der Waals surface area contributed by atoms with Crippen LogP contribution < -0.4 is 11.1 Å². The molecule has 1 rings (SSSR count). The van der Waals surface area contributed by atoms with Gasteiger partial charge in [0.05, 0.1) is 0 Å². The quantitative estimate of drug-likeness (QED) is 0.867. The molecule has 78 valence electrons. The summed E-state index contributed by atoms with van der Waals surface area (Å²) in [5.74, 6) is 0. The highest BCUT2D eigenvalue weighted by Gasteiger charge is 2.03. The fourth-order valence-electron chi connectivity index (χ4n) is 1.21. The largest absolute Gasteiger partial charge is 0.329 e. The molecule has 0 aliphatic rings. The lowest BCUT2D eigenvalue weighted by atomic mass is 10.1. The third-order valence-electron chi connectivity index (χ3n) is 2.37. The van der Waals surface area contributed by atoms with Gasteiger partial charge in [-0.1, -0.05) is 28.1 Å². The van der Waals surface area contributed by atoms with Gasteiger partial charge in [0.15, 0.2) is 0 Å². The van der Waals surface area contributed by atoms with Crippen molar-refractivity contribution in [3.05, 3.63) is 33.8 Å². The van der Waals surface area contributed by atoms with Crippen LogP contribution in [0.3, 0.4) is 0 Å². The first kappa shape index (κ1) is 11.7. The molecule has 3 heteroatoms. The van der Waals surface area contributed by atoms with Gasteiger partial charge in [-0.05, 0) is 31.0 Å². The van der Waals surface area contributed by atoms with E-state index >= 15 is 0 Å². The van der Waals surface area contributed by atoms with E-state index in [0.717, 1.165) is 11.0 Å². The number of halogens is 1. The minimum Gasteiger partial charge on any atom is -0.329 e. The predicted molar refractivity (Wildman–Crippen MR) is 64.2 cm³/mol. The Labute approximate surface area is 94.0 Å². The van der Waals surface area contributed by atoms with Crippen molar-refractivity contribution in [1.29, 1.82) is 0 Å². The molecule has 0 heterocycles. The van der Waals surface area contributed by atoms with Gasteiger partial charge in [-0.15, -0.1) is 0 Å². The molecular formula is C11H17BrN2. The minimum absolute atomic E-state index is 0.369. The SMILES string of the molecule is Cc1c(Br)cccc1CN[C@H](C)CN. The summed E-state index contributed by atoms with van der Waals surface area (Å²) >= 11 is 3.52. The van der Waals surface area contributed by atoms with Crippen LogP contribution in [0.5, 0.6) is 0 Å². The van der Waals surface area contributed by atoms with Gasteiger partial charge in [-0.2, -0.15) is 0 Å². The van der Waals surface area contributed by atoms with Gasteiger partial charge in [-0.3, -0.25) is 0 Å². The van der Waals surface area contributed by atoms with E-state index < -0.39 is 0 Å². The highest BCUT2D eigenvalue weighted by Crippen LogP contribution is 2.19. The molecule has 0 saturated carbocycles. The van der Waals surface area contributed by atoms with Crippen LogP contribution in [-0.4, -0.2) is 12.6 Å². The molecular weight excluding hydrogens is 240 g/mol. The highest BCUT2D eigenvalue weighted by molar-refractivity contribution is 9.10. The normalized spacial score (nSPS) is 12.9. The Bertz CT molecular complexity index is 299. The second-order valence-electron chi connectivity index (χ2n) is 3.54. The molecule has 3 N–H and O–H groups in total. The number of hydrogen-bond donors (Lipinski definition) is 2. The van der Waals surface area contributed by atoms with Gasteiger partial charge in [-0.25, -0.2) is 0 Å². The molecule has 0 aromatic heterocycles. The van der Waals surface area contributed by atoms with Crippen molar-refractivity contribution in [3.8, 4) is 0 Å². The van der Waals surface area contributed by atoms with Gasteiger partial charge in [0.1, 0.15) is 0 Å². The van der Waals surface area contributed by atoms with E-state index in [0.29, 0.717) is 12.6 Å². The Hall–Kier alpha value is -0.380. The maximum Gasteiger partial charge on any atom is 0.0211 e. The number of nitrogens with one attached hydrogen (secondary N) is 1. The van der Waals surface area contributed by atoms with E-state index in [1.807, 2.05) is 0 Å². The molecule has 14 heavy (non-hydrogen) atoms. The summed E-state index contributed by atoms with van der Waals surface area (Å²) in [5.41, 5.74) is 8.15. The maximum absolute atomic E-state index is 5.53. The van der Waals surface area contributed by atoms with Gasteiger partial charge in [0, 0.05) is 23.6 Å². The van der Waals surface area contributed by atoms with Crippen molar-refractivity contribution in [3.63, 3.8) is 0 Å². The Kier molecular flexibility index (Phi) is 4.58. The zero-order valence-corrected chi connectivity index (χ0v) is 10.3. The van der Waals surface area contributed by atoms with E-state index in [1.54, 1.807) is 0 Å². The van der Waals surface area contributed by atoms with Crippen LogP contribution in [0, 0.1) is 6.92 Å². The number of hydrogen-bond acceptors (Lipinski definition) is 2. The average Bonchev–Trinajstić information content (AvgIpc) is 2.20. The van der Waals surface area contributed by atoms with E-state index in [4.69, 9.17) is 5.73 Å². The highest BCUT2D eigenvalue weighted by atomic mass is 79.9. The van der Waals surface area contributed by atoms with E-state index in [9.17, 15) is 0 Å². The van der Waals surface area contributed by atoms with Crippen molar-refractivity contribution in [2.24, 2.45) is 5.73 Å². The molecule has 0 spiro atoms. The molecule has 0 bridgehead atoms. The average molecular weight is 257 g/mol. The molecule has 1 aromatic rings. The predicted octanol–water partition coefficient (Wildman–Crippen LogP) is 2.19. The Balaban J connectivity index is 2.63. The molecule has 0 aliphatic heterocycles. The van der Waals surface area contributed by atoms with Gasteiger partial charge >= 0.3 is 0 Å². The summed E-state index contributed by atoms with van der Waals surface area (Å²) in [6, 6.07) is 6.62. The Morgan fingerprint density at radius 3 is 2.86 bits per heavy atom. The molecule has 0 radical (unpaired) electrons. The van der Waals surface area contributed by atoms with Crippen LogP contribution in [0.15, 0.2) is 22.7 Å². The van der Waals surface area contributed by atoms with Crippen LogP contribution >= 0.6 is 15.9 Å². The summed E-state index contributed by atoms with van der Waals surface area (Å²) < 4.78 is 1.16. The summed E-state index contributed by atoms with van der Waals surface area (Å²) in [6.07, 6.45) is 0. The fourth-order valence-corrected chi connectivity index (χ4v) is 1.62. The molecule has 1 atom stereocenters. The summed E-state index contributed by atoms with van der Waals surface area (Å²) in [5, 5.41) is 3.37. The minimum atomic E-state index is 0.369. The number of benzene rings is 1. The van der Waals surface area contributed by atoms with Crippen LogP contribution in [0.4, 0.5) is 0 Å². The summed E-state index contributed by atoms with van der Waals surface area (Å²) in [6.45, 7) is 5.76. The molecule has 0 unspecified atom stereocenters. The first-order valence-electron chi connectivity index (χ1n) is 4.82. The molecule has 0 fully saturated rings. The second kappa shape index (κ2) is 5.49. The van der Waals surface area contributed by atoms with Gasteiger partial charge in [0.25, 0.3) is 0 Å². The van der Waals surface area contributed by atoms with Crippen molar-refractivity contribution >= 4 is 15.9 Å². The first-order chi connectivity index (χ1) is 6.65. The Morgan fingerprint density at radius 1 is 1.50 bits per heavy atom. The van der Waals surface area contributed by atoms with Crippen LogP contribution in [0.25, 0.3) is 0 Å². The van der Waals surface area contributed by atoms with Gasteiger partial charge in [0.2, 0.25) is 0 Å². The molecule has 0 amide bonds. The smallest absolute Gasteiger partial charge is 0.0211 e. The van der Waals surface area contributed by atoms with Crippen LogP contribution in [0.1, 0.15) is 18.1 Å².